The third-order valence-electron chi connectivity index (χ3n) is 5.20. The maximum Gasteiger partial charge on any atom is 0.198 e. The normalized spacial score (nSPS) is 32.1. The van der Waals surface area contributed by atoms with Crippen LogP contribution in [-0.2, 0) is 13.9 Å². The molecule has 1 heterocycles. The van der Waals surface area contributed by atoms with Gasteiger partial charge in [-0.3, -0.25) is 0 Å². The number of methoxy groups -OCH3 is 2. The zero-order chi connectivity index (χ0) is 16.1. The largest absolute Gasteiger partial charge is 0.406 e. The van der Waals surface area contributed by atoms with Gasteiger partial charge in [0.2, 0.25) is 0 Å². The highest BCUT2D eigenvalue weighted by Crippen LogP contribution is 2.47. The maximum absolute atomic E-state index is 6.76. The number of hydrogen-bond donors (Lipinski definition) is 1. The van der Waals surface area contributed by atoms with E-state index < -0.39 is 14.1 Å². The minimum atomic E-state index is -1.67. The van der Waals surface area contributed by atoms with Crippen molar-refractivity contribution in [1.82, 2.24) is 0 Å². The SMILES string of the molecule is CCC[Si]1(C)CCCC(C)(C(OC)(OC)C(C)CCN)O1. The molecule has 0 aromatic carbocycles. The lowest BCUT2D eigenvalue weighted by Crippen LogP contribution is -2.65. The molecule has 1 aliphatic rings. The van der Waals surface area contributed by atoms with Crippen molar-refractivity contribution in [2.75, 3.05) is 20.8 Å². The van der Waals surface area contributed by atoms with E-state index >= 15 is 0 Å². The molecule has 1 saturated heterocycles. The van der Waals surface area contributed by atoms with Gasteiger partial charge in [0.1, 0.15) is 5.60 Å². The van der Waals surface area contributed by atoms with Crippen LogP contribution in [0.3, 0.4) is 0 Å². The molecule has 3 unspecified atom stereocenters. The lowest BCUT2D eigenvalue weighted by molar-refractivity contribution is -0.319. The summed E-state index contributed by atoms with van der Waals surface area (Å²) in [7, 11) is 1.79. The van der Waals surface area contributed by atoms with Gasteiger partial charge in [-0.15, -0.1) is 0 Å². The zero-order valence-electron chi connectivity index (χ0n) is 14.8. The van der Waals surface area contributed by atoms with Crippen LogP contribution in [0.1, 0.15) is 46.5 Å². The lowest BCUT2D eigenvalue weighted by Gasteiger charge is -2.55. The topological polar surface area (TPSA) is 53.7 Å². The van der Waals surface area contributed by atoms with E-state index in [1.165, 1.54) is 24.9 Å². The van der Waals surface area contributed by atoms with E-state index in [9.17, 15) is 0 Å². The van der Waals surface area contributed by atoms with Crippen LogP contribution in [-0.4, -0.2) is 40.5 Å². The van der Waals surface area contributed by atoms with E-state index in [1.807, 2.05) is 0 Å². The van der Waals surface area contributed by atoms with Crippen molar-refractivity contribution in [3.05, 3.63) is 0 Å². The quantitative estimate of drug-likeness (QED) is 0.550. The number of rotatable bonds is 8. The summed E-state index contributed by atoms with van der Waals surface area (Å²) >= 11 is 0. The van der Waals surface area contributed by atoms with Crippen LogP contribution in [0.15, 0.2) is 0 Å². The highest BCUT2D eigenvalue weighted by atomic mass is 28.4. The summed E-state index contributed by atoms with van der Waals surface area (Å²) < 4.78 is 18.6. The number of hydrogen-bond acceptors (Lipinski definition) is 4. The van der Waals surface area contributed by atoms with Gasteiger partial charge in [-0.1, -0.05) is 26.7 Å². The molecule has 5 heteroatoms. The van der Waals surface area contributed by atoms with Crippen molar-refractivity contribution in [3.8, 4) is 0 Å². The lowest BCUT2D eigenvalue weighted by atomic mass is 9.80. The first-order chi connectivity index (χ1) is 9.83. The standard InChI is InChI=1S/C16H35NO3Si/c1-7-12-21(6)13-8-10-15(3,20-21)16(18-4,19-5)14(2)9-11-17/h14H,7-13,17H2,1-6H3. The predicted octanol–water partition coefficient (Wildman–Crippen LogP) is 3.51. The van der Waals surface area contributed by atoms with Gasteiger partial charge in [0.25, 0.3) is 0 Å². The van der Waals surface area contributed by atoms with Crippen LogP contribution in [0, 0.1) is 5.92 Å². The second-order valence-corrected chi connectivity index (χ2v) is 11.0. The smallest absolute Gasteiger partial charge is 0.198 e. The summed E-state index contributed by atoms with van der Waals surface area (Å²) in [6, 6.07) is 2.45. The molecule has 0 bridgehead atoms. The van der Waals surface area contributed by atoms with Crippen LogP contribution in [0.5, 0.6) is 0 Å². The van der Waals surface area contributed by atoms with Gasteiger partial charge in [-0.05, 0) is 44.9 Å². The van der Waals surface area contributed by atoms with Crippen LogP contribution < -0.4 is 5.73 Å². The molecule has 1 fully saturated rings. The van der Waals surface area contributed by atoms with Crippen LogP contribution in [0.25, 0.3) is 0 Å². The van der Waals surface area contributed by atoms with E-state index in [4.69, 9.17) is 19.6 Å². The van der Waals surface area contributed by atoms with E-state index in [0.29, 0.717) is 6.54 Å². The Kier molecular flexibility index (Phi) is 6.87. The fraction of sp³-hybridized carbons (Fsp3) is 1.00. The predicted molar refractivity (Wildman–Crippen MR) is 89.8 cm³/mol. The molecular formula is C16H35NO3Si. The molecule has 0 amide bonds. The van der Waals surface area contributed by atoms with Gasteiger partial charge in [-0.2, -0.15) is 0 Å². The summed E-state index contributed by atoms with van der Waals surface area (Å²) in [5, 5.41) is 0. The first-order valence-corrected chi connectivity index (χ1v) is 11.2. The van der Waals surface area contributed by atoms with Gasteiger partial charge in [-0.25, -0.2) is 0 Å². The first-order valence-electron chi connectivity index (χ1n) is 8.33. The molecule has 126 valence electrons. The molecule has 0 aromatic rings. The summed E-state index contributed by atoms with van der Waals surface area (Å²) in [4.78, 5) is 0. The minimum absolute atomic E-state index is 0.195. The average Bonchev–Trinajstić information content (AvgIpc) is 2.40. The van der Waals surface area contributed by atoms with E-state index in [2.05, 4.69) is 27.3 Å². The molecule has 2 N–H and O–H groups in total. The fourth-order valence-corrected chi connectivity index (χ4v) is 8.04. The van der Waals surface area contributed by atoms with Crippen LogP contribution >= 0.6 is 0 Å². The average molecular weight is 318 g/mol. The van der Waals surface area contributed by atoms with Crippen LogP contribution in [0.4, 0.5) is 0 Å². The molecule has 0 aromatic heterocycles. The van der Waals surface area contributed by atoms with Gasteiger partial charge >= 0.3 is 0 Å². The number of ether oxygens (including phenoxy) is 2. The molecule has 0 aliphatic carbocycles. The van der Waals surface area contributed by atoms with Crippen LogP contribution in [0.2, 0.25) is 18.6 Å². The molecule has 1 rings (SSSR count). The summed E-state index contributed by atoms with van der Waals surface area (Å²) in [5.41, 5.74) is 5.38. The molecule has 4 nitrogen and oxygen atoms in total. The Morgan fingerprint density at radius 3 is 2.48 bits per heavy atom. The van der Waals surface area contributed by atoms with Crippen molar-refractivity contribution in [2.24, 2.45) is 11.7 Å². The Morgan fingerprint density at radius 2 is 2.00 bits per heavy atom. The molecule has 0 spiro atoms. The first kappa shape index (κ1) is 19.1. The van der Waals surface area contributed by atoms with E-state index in [-0.39, 0.29) is 11.5 Å². The fourth-order valence-electron chi connectivity index (χ4n) is 4.27. The molecule has 0 saturated carbocycles. The Balaban J connectivity index is 3.09. The van der Waals surface area contributed by atoms with E-state index in [1.54, 1.807) is 14.2 Å². The highest BCUT2D eigenvalue weighted by molar-refractivity contribution is 6.72. The Bertz CT molecular complexity index is 321. The van der Waals surface area contributed by atoms with Gasteiger partial charge in [0.05, 0.1) is 0 Å². The Morgan fingerprint density at radius 1 is 1.38 bits per heavy atom. The van der Waals surface area contributed by atoms with Gasteiger partial charge < -0.3 is 19.6 Å². The number of nitrogens with two attached hydrogens (primary N) is 1. The molecule has 0 radical (unpaired) electrons. The molecule has 1 aliphatic heterocycles. The Labute approximate surface area is 131 Å². The minimum Gasteiger partial charge on any atom is -0.406 e. The summed E-state index contributed by atoms with van der Waals surface area (Å²) in [6.45, 7) is 9.56. The third-order valence-corrected chi connectivity index (χ3v) is 9.11. The highest BCUT2D eigenvalue weighted by Gasteiger charge is 2.57. The van der Waals surface area contributed by atoms with Crippen molar-refractivity contribution in [1.29, 1.82) is 0 Å². The van der Waals surface area contributed by atoms with Gasteiger partial charge in [0.15, 0.2) is 14.1 Å². The molecule has 3 atom stereocenters. The van der Waals surface area contributed by atoms with Crippen molar-refractivity contribution in [2.45, 2.75) is 76.5 Å². The van der Waals surface area contributed by atoms with Crippen molar-refractivity contribution >= 4 is 8.32 Å². The molecular weight excluding hydrogens is 282 g/mol. The third kappa shape index (κ3) is 3.70. The van der Waals surface area contributed by atoms with Gasteiger partial charge in [0, 0.05) is 20.1 Å². The maximum atomic E-state index is 6.76. The Hall–Kier alpha value is 0.0569. The summed E-state index contributed by atoms with van der Waals surface area (Å²) in [5.74, 6) is -0.519. The second-order valence-electron chi connectivity index (χ2n) is 6.94. The van der Waals surface area contributed by atoms with Crippen molar-refractivity contribution < 1.29 is 13.9 Å². The second kappa shape index (κ2) is 7.55. The van der Waals surface area contributed by atoms with Crippen molar-refractivity contribution in [3.63, 3.8) is 0 Å². The zero-order valence-corrected chi connectivity index (χ0v) is 15.8. The summed E-state index contributed by atoms with van der Waals surface area (Å²) in [6.07, 6.45) is 4.23. The monoisotopic (exact) mass is 317 g/mol. The molecule has 21 heavy (non-hydrogen) atoms. The van der Waals surface area contributed by atoms with E-state index in [0.717, 1.165) is 12.8 Å².